The van der Waals surface area contributed by atoms with Gasteiger partial charge in [0.05, 0.1) is 11.8 Å². The molecule has 22 heavy (non-hydrogen) atoms. The second-order valence-corrected chi connectivity index (χ2v) is 5.60. The van der Waals surface area contributed by atoms with Crippen molar-refractivity contribution in [3.05, 3.63) is 23.7 Å². The van der Waals surface area contributed by atoms with Crippen LogP contribution in [0.3, 0.4) is 0 Å². The standard InChI is InChI=1S/C15H21N3O4/c1-10(2)16-13(19)15(21)18-7-5-17(6-8-18)14(20)12-4-9-22-11(12)3/h4,9-10H,5-8H2,1-3H3,(H,16,19). The second kappa shape index (κ2) is 6.64. The van der Waals surface area contributed by atoms with Gasteiger partial charge in [0.1, 0.15) is 5.76 Å². The predicted octanol–water partition coefficient (Wildman–Crippen LogP) is 0.397. The average Bonchev–Trinajstić information content (AvgIpc) is 2.91. The third kappa shape index (κ3) is 3.47. The van der Waals surface area contributed by atoms with Gasteiger partial charge in [-0.15, -0.1) is 0 Å². The molecule has 1 saturated heterocycles. The van der Waals surface area contributed by atoms with Crippen LogP contribution in [0.2, 0.25) is 0 Å². The first-order valence-electron chi connectivity index (χ1n) is 7.33. The van der Waals surface area contributed by atoms with E-state index in [0.29, 0.717) is 37.5 Å². The second-order valence-electron chi connectivity index (χ2n) is 5.60. The lowest BCUT2D eigenvalue weighted by Crippen LogP contribution is -2.54. The van der Waals surface area contributed by atoms with Gasteiger partial charge in [0.25, 0.3) is 5.91 Å². The number of carbonyl (C=O) groups is 3. The molecule has 120 valence electrons. The van der Waals surface area contributed by atoms with Gasteiger partial charge in [0, 0.05) is 32.2 Å². The lowest BCUT2D eigenvalue weighted by atomic mass is 10.2. The first kappa shape index (κ1) is 16.1. The molecule has 0 saturated carbocycles. The van der Waals surface area contributed by atoms with Crippen molar-refractivity contribution in [1.82, 2.24) is 15.1 Å². The highest BCUT2D eigenvalue weighted by molar-refractivity contribution is 6.35. The molecule has 7 nitrogen and oxygen atoms in total. The van der Waals surface area contributed by atoms with E-state index in [9.17, 15) is 14.4 Å². The molecule has 0 unspecified atom stereocenters. The summed E-state index contributed by atoms with van der Waals surface area (Å²) in [5, 5.41) is 2.58. The van der Waals surface area contributed by atoms with Crippen molar-refractivity contribution in [3.8, 4) is 0 Å². The number of hydrogen-bond donors (Lipinski definition) is 1. The third-order valence-electron chi connectivity index (χ3n) is 3.56. The summed E-state index contributed by atoms with van der Waals surface area (Å²) in [7, 11) is 0. The highest BCUT2D eigenvalue weighted by atomic mass is 16.3. The van der Waals surface area contributed by atoms with Crippen LogP contribution in [0, 0.1) is 6.92 Å². The number of carbonyl (C=O) groups excluding carboxylic acids is 3. The minimum atomic E-state index is -0.597. The van der Waals surface area contributed by atoms with Gasteiger partial charge in [-0.1, -0.05) is 0 Å². The van der Waals surface area contributed by atoms with Crippen molar-refractivity contribution in [2.24, 2.45) is 0 Å². The molecule has 2 rings (SSSR count). The quantitative estimate of drug-likeness (QED) is 0.802. The Kier molecular flexibility index (Phi) is 4.85. The number of amides is 3. The summed E-state index contributed by atoms with van der Waals surface area (Å²) in [6.07, 6.45) is 1.48. The Bertz CT molecular complexity index is 571. The first-order valence-corrected chi connectivity index (χ1v) is 7.33. The van der Waals surface area contributed by atoms with Crippen LogP contribution >= 0.6 is 0 Å². The van der Waals surface area contributed by atoms with Crippen molar-refractivity contribution in [2.45, 2.75) is 26.8 Å². The molecule has 7 heteroatoms. The van der Waals surface area contributed by atoms with Gasteiger partial charge in [-0.2, -0.15) is 0 Å². The molecule has 1 aliphatic heterocycles. The van der Waals surface area contributed by atoms with Gasteiger partial charge in [-0.05, 0) is 26.8 Å². The Morgan fingerprint density at radius 2 is 1.73 bits per heavy atom. The molecule has 1 aromatic rings. The van der Waals surface area contributed by atoms with Crippen LogP contribution in [-0.4, -0.2) is 59.7 Å². The highest BCUT2D eigenvalue weighted by Crippen LogP contribution is 2.14. The number of aryl methyl sites for hydroxylation is 1. The van der Waals surface area contributed by atoms with E-state index in [1.165, 1.54) is 11.2 Å². The van der Waals surface area contributed by atoms with E-state index in [4.69, 9.17) is 4.42 Å². The van der Waals surface area contributed by atoms with Crippen LogP contribution in [0.5, 0.6) is 0 Å². The molecule has 2 heterocycles. The van der Waals surface area contributed by atoms with Crippen LogP contribution in [0.1, 0.15) is 30.0 Å². The van der Waals surface area contributed by atoms with Crippen molar-refractivity contribution >= 4 is 17.7 Å². The van der Waals surface area contributed by atoms with E-state index >= 15 is 0 Å². The molecule has 0 radical (unpaired) electrons. The zero-order valence-electron chi connectivity index (χ0n) is 13.1. The van der Waals surface area contributed by atoms with E-state index in [0.717, 1.165) is 0 Å². The molecule has 1 aromatic heterocycles. The zero-order chi connectivity index (χ0) is 16.3. The summed E-state index contributed by atoms with van der Waals surface area (Å²) in [6.45, 7) is 6.86. The summed E-state index contributed by atoms with van der Waals surface area (Å²) in [4.78, 5) is 39.2. The summed E-state index contributed by atoms with van der Waals surface area (Å²) in [5.74, 6) is -0.662. The van der Waals surface area contributed by atoms with Gasteiger partial charge >= 0.3 is 11.8 Å². The first-order chi connectivity index (χ1) is 10.4. The van der Waals surface area contributed by atoms with Crippen LogP contribution in [0.4, 0.5) is 0 Å². The number of piperazine rings is 1. The largest absolute Gasteiger partial charge is 0.469 e. The van der Waals surface area contributed by atoms with Crippen molar-refractivity contribution in [3.63, 3.8) is 0 Å². The molecule has 0 aromatic carbocycles. The average molecular weight is 307 g/mol. The minimum absolute atomic E-state index is 0.0802. The molecule has 0 spiro atoms. The Labute approximate surface area is 129 Å². The molecule has 1 aliphatic rings. The molecule has 0 atom stereocenters. The number of nitrogens with zero attached hydrogens (tertiary/aromatic N) is 2. The SMILES string of the molecule is Cc1occc1C(=O)N1CCN(C(=O)C(=O)NC(C)C)CC1. The summed E-state index contributed by atoms with van der Waals surface area (Å²) >= 11 is 0. The fraction of sp³-hybridized carbons (Fsp3) is 0.533. The lowest BCUT2D eigenvalue weighted by molar-refractivity contribution is -0.147. The summed E-state index contributed by atoms with van der Waals surface area (Å²) in [5.41, 5.74) is 0.539. The van der Waals surface area contributed by atoms with Gasteiger partial charge < -0.3 is 19.5 Å². The van der Waals surface area contributed by atoms with E-state index in [1.807, 2.05) is 0 Å². The van der Waals surface area contributed by atoms with E-state index < -0.39 is 11.8 Å². The molecule has 3 amide bonds. The number of furan rings is 1. The van der Waals surface area contributed by atoms with Gasteiger partial charge in [-0.3, -0.25) is 14.4 Å². The number of rotatable bonds is 2. The molecule has 0 aliphatic carbocycles. The Morgan fingerprint density at radius 3 is 2.23 bits per heavy atom. The van der Waals surface area contributed by atoms with Crippen molar-refractivity contribution in [1.29, 1.82) is 0 Å². The fourth-order valence-corrected chi connectivity index (χ4v) is 2.36. The molecule has 1 fully saturated rings. The lowest BCUT2D eigenvalue weighted by Gasteiger charge is -2.34. The maximum Gasteiger partial charge on any atom is 0.312 e. The molecular formula is C15H21N3O4. The Balaban J connectivity index is 1.90. The molecule has 0 bridgehead atoms. The zero-order valence-corrected chi connectivity index (χ0v) is 13.1. The topological polar surface area (TPSA) is 82.9 Å². The van der Waals surface area contributed by atoms with Crippen LogP contribution < -0.4 is 5.32 Å². The van der Waals surface area contributed by atoms with Gasteiger partial charge in [-0.25, -0.2) is 0 Å². The van der Waals surface area contributed by atoms with Crippen LogP contribution in [-0.2, 0) is 9.59 Å². The Morgan fingerprint density at radius 1 is 1.14 bits per heavy atom. The van der Waals surface area contributed by atoms with E-state index in [1.54, 1.807) is 31.7 Å². The van der Waals surface area contributed by atoms with Crippen molar-refractivity contribution < 1.29 is 18.8 Å². The van der Waals surface area contributed by atoms with E-state index in [-0.39, 0.29) is 11.9 Å². The van der Waals surface area contributed by atoms with E-state index in [2.05, 4.69) is 5.32 Å². The fourth-order valence-electron chi connectivity index (χ4n) is 2.36. The minimum Gasteiger partial charge on any atom is -0.469 e. The summed E-state index contributed by atoms with van der Waals surface area (Å²) in [6, 6.07) is 1.56. The number of hydrogen-bond acceptors (Lipinski definition) is 4. The maximum atomic E-state index is 12.3. The smallest absolute Gasteiger partial charge is 0.312 e. The summed E-state index contributed by atoms with van der Waals surface area (Å²) < 4.78 is 5.14. The molecular weight excluding hydrogens is 286 g/mol. The normalized spacial score (nSPS) is 15.1. The third-order valence-corrected chi connectivity index (χ3v) is 3.56. The molecule has 1 N–H and O–H groups in total. The number of nitrogens with one attached hydrogen (secondary N) is 1. The Hall–Kier alpha value is -2.31. The van der Waals surface area contributed by atoms with Gasteiger partial charge in [0.2, 0.25) is 0 Å². The highest BCUT2D eigenvalue weighted by Gasteiger charge is 2.29. The monoisotopic (exact) mass is 307 g/mol. The van der Waals surface area contributed by atoms with Crippen LogP contribution in [0.25, 0.3) is 0 Å². The van der Waals surface area contributed by atoms with Crippen LogP contribution in [0.15, 0.2) is 16.7 Å². The predicted molar refractivity (Wildman–Crippen MR) is 79.2 cm³/mol. The van der Waals surface area contributed by atoms with Gasteiger partial charge in [0.15, 0.2) is 0 Å². The maximum absolute atomic E-state index is 12.3. The van der Waals surface area contributed by atoms with Crippen molar-refractivity contribution in [2.75, 3.05) is 26.2 Å².